The van der Waals surface area contributed by atoms with Crippen molar-refractivity contribution in [3.63, 3.8) is 0 Å². The third-order valence-corrected chi connectivity index (χ3v) is 6.74. The summed E-state index contributed by atoms with van der Waals surface area (Å²) in [5.41, 5.74) is 2.63. The standard InChI is InChI=1S/C21H32ClN3O/c1-15-5-6-17(22)11-21(15)25-9-7-16(13-25)12-24-19-4-2-3-18(19)20-14-26-10-8-23-20/h5-6,11,16,18-20,23-24H,2-4,7-10,12-14H2,1H3. The Morgan fingerprint density at radius 3 is 3.08 bits per heavy atom. The van der Waals surface area contributed by atoms with E-state index in [-0.39, 0.29) is 0 Å². The summed E-state index contributed by atoms with van der Waals surface area (Å²) in [6, 6.07) is 7.42. The van der Waals surface area contributed by atoms with E-state index in [1.165, 1.54) is 36.9 Å². The van der Waals surface area contributed by atoms with Gasteiger partial charge in [0.25, 0.3) is 0 Å². The molecule has 1 aliphatic carbocycles. The minimum atomic E-state index is 0.540. The molecule has 0 radical (unpaired) electrons. The smallest absolute Gasteiger partial charge is 0.0623 e. The van der Waals surface area contributed by atoms with E-state index < -0.39 is 0 Å². The van der Waals surface area contributed by atoms with Crippen LogP contribution in [0.2, 0.25) is 5.02 Å². The lowest BCUT2D eigenvalue weighted by Crippen LogP contribution is -2.51. The van der Waals surface area contributed by atoms with Gasteiger partial charge in [-0.05, 0) is 62.3 Å². The zero-order valence-corrected chi connectivity index (χ0v) is 16.6. The SMILES string of the molecule is Cc1ccc(Cl)cc1N1CCC(CNC2CCCC2C2COCCN2)C1. The number of benzene rings is 1. The minimum Gasteiger partial charge on any atom is -0.379 e. The normalized spacial score (nSPS) is 32.3. The fourth-order valence-corrected chi connectivity index (χ4v) is 5.21. The molecule has 144 valence electrons. The van der Waals surface area contributed by atoms with E-state index >= 15 is 0 Å². The van der Waals surface area contributed by atoms with Crippen molar-refractivity contribution in [1.82, 2.24) is 10.6 Å². The second-order valence-electron chi connectivity index (χ2n) is 8.28. The number of hydrogen-bond donors (Lipinski definition) is 2. The molecule has 0 spiro atoms. The molecule has 2 N–H and O–H groups in total. The molecule has 5 heteroatoms. The molecule has 1 aromatic carbocycles. The predicted molar refractivity (Wildman–Crippen MR) is 108 cm³/mol. The topological polar surface area (TPSA) is 36.5 Å². The highest BCUT2D eigenvalue weighted by Crippen LogP contribution is 2.31. The van der Waals surface area contributed by atoms with Crippen LogP contribution in [0.1, 0.15) is 31.2 Å². The molecule has 2 heterocycles. The van der Waals surface area contributed by atoms with Crippen LogP contribution in [0.15, 0.2) is 18.2 Å². The van der Waals surface area contributed by atoms with Crippen LogP contribution in [0.4, 0.5) is 5.69 Å². The van der Waals surface area contributed by atoms with Gasteiger partial charge in [0.15, 0.2) is 0 Å². The van der Waals surface area contributed by atoms with E-state index in [4.69, 9.17) is 16.3 Å². The summed E-state index contributed by atoms with van der Waals surface area (Å²) in [5.74, 6) is 1.45. The molecular formula is C21H32ClN3O. The Balaban J connectivity index is 1.29. The minimum absolute atomic E-state index is 0.540. The van der Waals surface area contributed by atoms with Gasteiger partial charge in [-0.1, -0.05) is 24.1 Å². The summed E-state index contributed by atoms with van der Waals surface area (Å²) in [5, 5.41) is 8.43. The quantitative estimate of drug-likeness (QED) is 0.826. The number of halogens is 1. The summed E-state index contributed by atoms with van der Waals surface area (Å²) in [6.07, 6.45) is 5.25. The van der Waals surface area contributed by atoms with Crippen molar-refractivity contribution in [2.24, 2.45) is 11.8 Å². The lowest BCUT2D eigenvalue weighted by molar-refractivity contribution is 0.0523. The second-order valence-corrected chi connectivity index (χ2v) is 8.71. The summed E-state index contributed by atoms with van der Waals surface area (Å²) in [6.45, 7) is 8.33. The van der Waals surface area contributed by atoms with Crippen LogP contribution >= 0.6 is 11.6 Å². The van der Waals surface area contributed by atoms with Crippen molar-refractivity contribution in [3.8, 4) is 0 Å². The van der Waals surface area contributed by atoms with Gasteiger partial charge in [0.1, 0.15) is 0 Å². The van der Waals surface area contributed by atoms with Crippen LogP contribution < -0.4 is 15.5 Å². The molecule has 4 rings (SSSR count). The molecule has 2 saturated heterocycles. The molecule has 4 nitrogen and oxygen atoms in total. The molecule has 0 amide bonds. The lowest BCUT2D eigenvalue weighted by Gasteiger charge is -2.33. The Kier molecular flexibility index (Phi) is 6.04. The summed E-state index contributed by atoms with van der Waals surface area (Å²) < 4.78 is 5.70. The van der Waals surface area contributed by atoms with E-state index in [1.54, 1.807) is 0 Å². The largest absolute Gasteiger partial charge is 0.379 e. The van der Waals surface area contributed by atoms with Gasteiger partial charge < -0.3 is 20.3 Å². The lowest BCUT2D eigenvalue weighted by atomic mass is 9.93. The number of morpholine rings is 1. The molecule has 0 bridgehead atoms. The zero-order valence-electron chi connectivity index (χ0n) is 15.8. The highest BCUT2D eigenvalue weighted by atomic mass is 35.5. The number of anilines is 1. The summed E-state index contributed by atoms with van der Waals surface area (Å²) in [7, 11) is 0. The second kappa shape index (κ2) is 8.47. The van der Waals surface area contributed by atoms with E-state index in [2.05, 4.69) is 34.6 Å². The van der Waals surface area contributed by atoms with Gasteiger partial charge in [-0.25, -0.2) is 0 Å². The molecule has 4 atom stereocenters. The number of ether oxygens (including phenoxy) is 1. The van der Waals surface area contributed by atoms with Crippen LogP contribution in [-0.2, 0) is 4.74 Å². The molecule has 3 aliphatic rings. The Bertz CT molecular complexity index is 605. The van der Waals surface area contributed by atoms with Crippen LogP contribution in [0.5, 0.6) is 0 Å². The first-order valence-corrected chi connectivity index (χ1v) is 10.6. The molecule has 4 unspecified atom stereocenters. The number of nitrogens with one attached hydrogen (secondary N) is 2. The Morgan fingerprint density at radius 1 is 1.31 bits per heavy atom. The van der Waals surface area contributed by atoms with Crippen LogP contribution in [0.25, 0.3) is 0 Å². The van der Waals surface area contributed by atoms with Gasteiger partial charge in [0.05, 0.1) is 13.2 Å². The zero-order chi connectivity index (χ0) is 17.9. The van der Waals surface area contributed by atoms with Crippen LogP contribution in [-0.4, -0.2) is 51.5 Å². The highest BCUT2D eigenvalue weighted by Gasteiger charge is 2.35. The van der Waals surface area contributed by atoms with Gasteiger partial charge in [-0.2, -0.15) is 0 Å². The summed E-state index contributed by atoms with van der Waals surface area (Å²) >= 11 is 6.21. The third-order valence-electron chi connectivity index (χ3n) is 6.50. The molecule has 1 aromatic rings. The third kappa shape index (κ3) is 4.19. The Hall–Kier alpha value is -0.810. The average Bonchev–Trinajstić information content (AvgIpc) is 3.32. The first kappa shape index (κ1) is 18.5. The maximum absolute atomic E-state index is 6.21. The van der Waals surface area contributed by atoms with Crippen molar-refractivity contribution < 1.29 is 4.74 Å². The maximum Gasteiger partial charge on any atom is 0.0623 e. The molecular weight excluding hydrogens is 346 g/mol. The number of aryl methyl sites for hydroxylation is 1. The number of rotatable bonds is 5. The van der Waals surface area contributed by atoms with E-state index in [0.29, 0.717) is 12.1 Å². The van der Waals surface area contributed by atoms with Crippen molar-refractivity contribution in [3.05, 3.63) is 28.8 Å². The number of hydrogen-bond acceptors (Lipinski definition) is 4. The molecule has 26 heavy (non-hydrogen) atoms. The van der Waals surface area contributed by atoms with Gasteiger partial charge in [0, 0.05) is 42.4 Å². The molecule has 3 fully saturated rings. The van der Waals surface area contributed by atoms with E-state index in [9.17, 15) is 0 Å². The first-order chi connectivity index (χ1) is 12.7. The summed E-state index contributed by atoms with van der Waals surface area (Å²) in [4.78, 5) is 2.51. The average molecular weight is 378 g/mol. The van der Waals surface area contributed by atoms with Gasteiger partial charge >= 0.3 is 0 Å². The van der Waals surface area contributed by atoms with Crippen molar-refractivity contribution in [1.29, 1.82) is 0 Å². The van der Waals surface area contributed by atoms with E-state index in [0.717, 1.165) is 56.3 Å². The van der Waals surface area contributed by atoms with Crippen LogP contribution in [0.3, 0.4) is 0 Å². The van der Waals surface area contributed by atoms with E-state index in [1.807, 2.05) is 6.07 Å². The molecule has 2 aliphatic heterocycles. The maximum atomic E-state index is 6.21. The van der Waals surface area contributed by atoms with Crippen molar-refractivity contribution in [2.45, 2.75) is 44.7 Å². The van der Waals surface area contributed by atoms with Gasteiger partial charge in [-0.15, -0.1) is 0 Å². The fourth-order valence-electron chi connectivity index (χ4n) is 5.04. The monoisotopic (exact) mass is 377 g/mol. The fraction of sp³-hybridized carbons (Fsp3) is 0.714. The number of nitrogens with zero attached hydrogens (tertiary/aromatic N) is 1. The Morgan fingerprint density at radius 2 is 2.23 bits per heavy atom. The van der Waals surface area contributed by atoms with Crippen molar-refractivity contribution in [2.75, 3.05) is 44.3 Å². The van der Waals surface area contributed by atoms with Crippen molar-refractivity contribution >= 4 is 17.3 Å². The van der Waals surface area contributed by atoms with Crippen LogP contribution in [0, 0.1) is 18.8 Å². The van der Waals surface area contributed by atoms with Gasteiger partial charge in [-0.3, -0.25) is 0 Å². The predicted octanol–water partition coefficient (Wildman–Crippen LogP) is 3.22. The highest BCUT2D eigenvalue weighted by molar-refractivity contribution is 6.30. The van der Waals surface area contributed by atoms with Gasteiger partial charge in [0.2, 0.25) is 0 Å². The Labute approximate surface area is 162 Å². The molecule has 0 aromatic heterocycles. The first-order valence-electron chi connectivity index (χ1n) is 10.3. The molecule has 1 saturated carbocycles.